The molecule has 0 aliphatic carbocycles. The van der Waals surface area contributed by atoms with Crippen molar-refractivity contribution in [1.29, 1.82) is 0 Å². The van der Waals surface area contributed by atoms with Crippen LogP contribution in [0.4, 0.5) is 18.9 Å². The molecule has 1 heterocycles. The molecule has 1 N–H and O–H groups in total. The molecule has 162 valence electrons. The third-order valence-corrected chi connectivity index (χ3v) is 5.60. The summed E-state index contributed by atoms with van der Waals surface area (Å²) in [7, 11) is 0. The van der Waals surface area contributed by atoms with Gasteiger partial charge in [0, 0.05) is 11.1 Å². The molecule has 3 aromatic carbocycles. The van der Waals surface area contributed by atoms with Gasteiger partial charge in [-0.1, -0.05) is 35.5 Å². The number of fused-ring (bicyclic) bond motifs is 1. The van der Waals surface area contributed by atoms with Gasteiger partial charge in [0.15, 0.2) is 5.16 Å². The number of carbonyl (C=O) groups excluding carboxylic acids is 1. The van der Waals surface area contributed by atoms with Gasteiger partial charge < -0.3 is 5.32 Å². The summed E-state index contributed by atoms with van der Waals surface area (Å²) in [6, 6.07) is 13.0. The Morgan fingerprint density at radius 2 is 1.81 bits per heavy atom. The third-order valence-electron chi connectivity index (χ3n) is 4.43. The summed E-state index contributed by atoms with van der Waals surface area (Å²) < 4.78 is 42.7. The largest absolute Gasteiger partial charge is 0.323 e. The maximum absolute atomic E-state index is 14.5. The number of rotatable bonds is 5. The van der Waals surface area contributed by atoms with E-state index in [1.807, 2.05) is 0 Å². The maximum atomic E-state index is 14.5. The van der Waals surface area contributed by atoms with E-state index in [4.69, 9.17) is 11.6 Å². The van der Waals surface area contributed by atoms with Crippen molar-refractivity contribution in [3.05, 3.63) is 93.5 Å². The minimum Gasteiger partial charge on any atom is -0.323 e. The summed E-state index contributed by atoms with van der Waals surface area (Å²) in [5.74, 6) is -3.28. The van der Waals surface area contributed by atoms with Gasteiger partial charge >= 0.3 is 0 Å². The minimum absolute atomic E-state index is 0.0147. The molecule has 1 aromatic heterocycles. The van der Waals surface area contributed by atoms with E-state index in [1.54, 1.807) is 18.2 Å². The van der Waals surface area contributed by atoms with Gasteiger partial charge in [-0.25, -0.2) is 18.2 Å². The van der Waals surface area contributed by atoms with Gasteiger partial charge in [-0.3, -0.25) is 14.2 Å². The first-order chi connectivity index (χ1) is 15.3. The fraction of sp³-hybridized carbons (Fsp3) is 0.0455. The highest BCUT2D eigenvalue weighted by Crippen LogP contribution is 2.24. The van der Waals surface area contributed by atoms with Crippen molar-refractivity contribution in [3.8, 4) is 5.69 Å². The Labute approximate surface area is 188 Å². The minimum atomic E-state index is -0.962. The molecule has 0 fully saturated rings. The maximum Gasteiger partial charge on any atom is 0.266 e. The van der Waals surface area contributed by atoms with Crippen molar-refractivity contribution in [3.63, 3.8) is 0 Å². The van der Waals surface area contributed by atoms with Crippen LogP contribution in [-0.2, 0) is 4.79 Å². The molecule has 0 atom stereocenters. The lowest BCUT2D eigenvalue weighted by Crippen LogP contribution is -2.24. The van der Waals surface area contributed by atoms with Crippen LogP contribution in [-0.4, -0.2) is 21.2 Å². The van der Waals surface area contributed by atoms with Gasteiger partial charge in [-0.15, -0.1) is 0 Å². The Morgan fingerprint density at radius 3 is 2.59 bits per heavy atom. The van der Waals surface area contributed by atoms with Crippen molar-refractivity contribution in [1.82, 2.24) is 9.55 Å². The SMILES string of the molecule is O=C(CSc1nc2ccccc2c(=O)n1-c1ccc(F)cc1F)Nc1cc(Cl)ccc1F. The lowest BCUT2D eigenvalue weighted by Gasteiger charge is -2.14. The monoisotopic (exact) mass is 475 g/mol. The Hall–Kier alpha value is -3.30. The molecular weight excluding hydrogens is 463 g/mol. The Bertz CT molecular complexity index is 1410. The predicted octanol–water partition coefficient (Wildman–Crippen LogP) is 5.19. The number of anilines is 1. The zero-order valence-electron chi connectivity index (χ0n) is 16.1. The van der Waals surface area contributed by atoms with Crippen LogP contribution in [0.3, 0.4) is 0 Å². The van der Waals surface area contributed by atoms with E-state index in [9.17, 15) is 22.8 Å². The molecule has 0 radical (unpaired) electrons. The van der Waals surface area contributed by atoms with Crippen LogP contribution in [0.15, 0.2) is 70.6 Å². The third kappa shape index (κ3) is 4.49. The number of benzene rings is 3. The molecule has 32 heavy (non-hydrogen) atoms. The number of hydrogen-bond donors (Lipinski definition) is 1. The van der Waals surface area contributed by atoms with Crippen LogP contribution in [0.1, 0.15) is 0 Å². The number of halogens is 4. The van der Waals surface area contributed by atoms with Crippen molar-refractivity contribution in [2.45, 2.75) is 5.16 Å². The van der Waals surface area contributed by atoms with Crippen LogP contribution in [0.2, 0.25) is 5.02 Å². The molecule has 5 nitrogen and oxygen atoms in total. The molecule has 0 saturated carbocycles. The first kappa shape index (κ1) is 21.9. The molecule has 1 amide bonds. The number of hydrogen-bond acceptors (Lipinski definition) is 4. The quantitative estimate of drug-likeness (QED) is 0.319. The van der Waals surface area contributed by atoms with Crippen LogP contribution < -0.4 is 10.9 Å². The van der Waals surface area contributed by atoms with Gasteiger partial charge in [0.1, 0.15) is 17.5 Å². The molecule has 0 saturated heterocycles. The number of amides is 1. The summed E-state index contributed by atoms with van der Waals surface area (Å²) in [5.41, 5.74) is -0.542. The van der Waals surface area contributed by atoms with Crippen LogP contribution in [0.25, 0.3) is 16.6 Å². The lowest BCUT2D eigenvalue weighted by molar-refractivity contribution is -0.113. The zero-order valence-corrected chi connectivity index (χ0v) is 17.7. The van der Waals surface area contributed by atoms with Crippen molar-refractivity contribution < 1.29 is 18.0 Å². The molecule has 0 aliphatic heterocycles. The summed E-state index contributed by atoms with van der Waals surface area (Å²) in [5, 5.41) is 2.88. The number of aromatic nitrogens is 2. The summed E-state index contributed by atoms with van der Waals surface area (Å²) >= 11 is 6.67. The van der Waals surface area contributed by atoms with E-state index in [0.717, 1.165) is 34.5 Å². The second kappa shape index (κ2) is 9.05. The Morgan fingerprint density at radius 1 is 1.03 bits per heavy atom. The lowest BCUT2D eigenvalue weighted by atomic mass is 10.2. The van der Waals surface area contributed by atoms with Gasteiger partial charge in [-0.2, -0.15) is 0 Å². The molecule has 4 aromatic rings. The zero-order chi connectivity index (χ0) is 22.8. The first-order valence-electron chi connectivity index (χ1n) is 9.18. The van der Waals surface area contributed by atoms with E-state index < -0.39 is 28.9 Å². The van der Waals surface area contributed by atoms with Crippen molar-refractivity contribution in [2.24, 2.45) is 0 Å². The van der Waals surface area contributed by atoms with E-state index >= 15 is 0 Å². The second-order valence-electron chi connectivity index (χ2n) is 6.61. The standard InChI is InChI=1S/C22H13ClF3N3O2S/c23-12-5-7-15(25)18(9-12)27-20(30)11-32-22-28-17-4-2-1-3-14(17)21(31)29(22)19-8-6-13(24)10-16(19)26/h1-10H,11H2,(H,27,30). The van der Waals surface area contributed by atoms with E-state index in [-0.39, 0.29) is 32.7 Å². The summed E-state index contributed by atoms with van der Waals surface area (Å²) in [4.78, 5) is 29.8. The predicted molar refractivity (Wildman–Crippen MR) is 118 cm³/mol. The summed E-state index contributed by atoms with van der Waals surface area (Å²) in [6.07, 6.45) is 0. The molecule has 0 spiro atoms. The number of carbonyl (C=O) groups is 1. The highest BCUT2D eigenvalue weighted by atomic mass is 35.5. The fourth-order valence-corrected chi connectivity index (χ4v) is 3.97. The average Bonchev–Trinajstić information content (AvgIpc) is 2.76. The number of para-hydroxylation sites is 1. The molecule has 4 rings (SSSR count). The number of thioether (sulfide) groups is 1. The number of nitrogens with one attached hydrogen (secondary N) is 1. The van der Waals surface area contributed by atoms with Crippen LogP contribution in [0, 0.1) is 17.5 Å². The highest BCUT2D eigenvalue weighted by molar-refractivity contribution is 7.99. The molecular formula is C22H13ClF3N3O2S. The Balaban J connectivity index is 1.70. The number of nitrogens with zero attached hydrogens (tertiary/aromatic N) is 2. The van der Waals surface area contributed by atoms with Crippen LogP contribution in [0.5, 0.6) is 0 Å². The highest BCUT2D eigenvalue weighted by Gasteiger charge is 2.18. The van der Waals surface area contributed by atoms with E-state index in [0.29, 0.717) is 11.6 Å². The van der Waals surface area contributed by atoms with E-state index in [2.05, 4.69) is 10.3 Å². The molecule has 0 aliphatic rings. The van der Waals surface area contributed by atoms with Gasteiger partial charge in [-0.05, 0) is 42.5 Å². The second-order valence-corrected chi connectivity index (χ2v) is 7.99. The first-order valence-corrected chi connectivity index (χ1v) is 10.5. The Kier molecular flexibility index (Phi) is 6.20. The molecule has 0 bridgehead atoms. The molecule has 0 unspecified atom stereocenters. The van der Waals surface area contributed by atoms with Crippen molar-refractivity contribution in [2.75, 3.05) is 11.1 Å². The van der Waals surface area contributed by atoms with Crippen molar-refractivity contribution >= 4 is 45.9 Å². The van der Waals surface area contributed by atoms with Gasteiger partial charge in [0.2, 0.25) is 5.91 Å². The van der Waals surface area contributed by atoms with Gasteiger partial charge in [0.25, 0.3) is 5.56 Å². The normalized spacial score (nSPS) is 11.0. The molecule has 10 heteroatoms. The van der Waals surface area contributed by atoms with E-state index in [1.165, 1.54) is 18.2 Å². The smallest absolute Gasteiger partial charge is 0.266 e. The fourth-order valence-electron chi connectivity index (χ4n) is 2.99. The van der Waals surface area contributed by atoms with Gasteiger partial charge in [0.05, 0.1) is 28.0 Å². The van der Waals surface area contributed by atoms with Crippen LogP contribution >= 0.6 is 23.4 Å². The topological polar surface area (TPSA) is 64.0 Å². The summed E-state index contributed by atoms with van der Waals surface area (Å²) in [6.45, 7) is 0. The average molecular weight is 476 g/mol.